The molecule has 0 aliphatic carbocycles. The third-order valence-corrected chi connectivity index (χ3v) is 4.19. The van der Waals surface area contributed by atoms with E-state index in [1.807, 2.05) is 13.1 Å². The van der Waals surface area contributed by atoms with Crippen LogP contribution in [0.25, 0.3) is 22.1 Å². The van der Waals surface area contributed by atoms with Crippen molar-refractivity contribution in [2.75, 3.05) is 7.05 Å². The van der Waals surface area contributed by atoms with Gasteiger partial charge in [0.1, 0.15) is 11.3 Å². The first-order valence-corrected chi connectivity index (χ1v) is 8.03. The van der Waals surface area contributed by atoms with Gasteiger partial charge in [-0.3, -0.25) is 9.59 Å². The number of nitrogens with zero attached hydrogens (tertiary/aromatic N) is 5. The number of aromatic amines is 1. The summed E-state index contributed by atoms with van der Waals surface area (Å²) in [5.74, 6) is 0.206. The average molecular weight is 348 g/mol. The van der Waals surface area contributed by atoms with Crippen molar-refractivity contribution >= 4 is 28.0 Å². The number of amides is 1. The Morgan fingerprint density at radius 1 is 1.23 bits per heavy atom. The second kappa shape index (κ2) is 6.07. The molecule has 0 spiro atoms. The van der Waals surface area contributed by atoms with Crippen LogP contribution in [0.5, 0.6) is 0 Å². The molecule has 8 nitrogen and oxygen atoms in total. The zero-order valence-electron chi connectivity index (χ0n) is 14.3. The van der Waals surface area contributed by atoms with Crippen molar-refractivity contribution in [2.45, 2.75) is 6.54 Å². The molecular formula is C18H16N6O2. The molecule has 0 bridgehead atoms. The van der Waals surface area contributed by atoms with Crippen molar-refractivity contribution < 1.29 is 4.79 Å². The van der Waals surface area contributed by atoms with Crippen LogP contribution in [0.15, 0.2) is 47.7 Å². The number of pyridine rings is 1. The van der Waals surface area contributed by atoms with Crippen molar-refractivity contribution in [3.63, 3.8) is 0 Å². The van der Waals surface area contributed by atoms with E-state index in [2.05, 4.69) is 19.9 Å². The van der Waals surface area contributed by atoms with Crippen LogP contribution in [0.2, 0.25) is 0 Å². The summed E-state index contributed by atoms with van der Waals surface area (Å²) in [6.45, 7) is 0.180. The Morgan fingerprint density at radius 3 is 2.88 bits per heavy atom. The number of rotatable bonds is 3. The largest absolute Gasteiger partial charge is 0.334 e. The number of hydrogen-bond donors (Lipinski definition) is 1. The van der Waals surface area contributed by atoms with E-state index < -0.39 is 0 Å². The molecule has 0 unspecified atom stereocenters. The van der Waals surface area contributed by atoms with Gasteiger partial charge in [-0.25, -0.2) is 15.0 Å². The lowest BCUT2D eigenvalue weighted by atomic mass is 10.2. The number of imidazole rings is 1. The lowest BCUT2D eigenvalue weighted by Crippen LogP contribution is -2.28. The van der Waals surface area contributed by atoms with Gasteiger partial charge in [-0.1, -0.05) is 12.1 Å². The first-order valence-electron chi connectivity index (χ1n) is 8.03. The van der Waals surface area contributed by atoms with E-state index in [0.717, 1.165) is 0 Å². The third-order valence-electron chi connectivity index (χ3n) is 4.19. The summed E-state index contributed by atoms with van der Waals surface area (Å²) in [5, 5.41) is 0.523. The third kappa shape index (κ3) is 2.71. The summed E-state index contributed by atoms with van der Waals surface area (Å²) in [6, 6.07) is 8.80. The van der Waals surface area contributed by atoms with Gasteiger partial charge >= 0.3 is 0 Å². The Bertz CT molecular complexity index is 1190. The SMILES string of the molecule is CN(Cc1nc2ccccc2c(=O)[nH]1)C(=O)c1cnc2c(c1)ncn2C. The Balaban J connectivity index is 1.61. The van der Waals surface area contributed by atoms with E-state index in [1.54, 1.807) is 42.2 Å². The molecule has 3 aromatic heterocycles. The Kier molecular flexibility index (Phi) is 3.72. The number of H-pyrrole nitrogens is 1. The van der Waals surface area contributed by atoms with Crippen LogP contribution in [0.1, 0.15) is 16.2 Å². The molecule has 130 valence electrons. The number of benzene rings is 1. The molecule has 3 heterocycles. The average Bonchev–Trinajstić information content (AvgIpc) is 3.01. The molecule has 0 saturated heterocycles. The number of carbonyl (C=O) groups is 1. The van der Waals surface area contributed by atoms with Crippen molar-refractivity contribution in [2.24, 2.45) is 7.05 Å². The normalized spacial score (nSPS) is 11.2. The van der Waals surface area contributed by atoms with Gasteiger partial charge in [-0.15, -0.1) is 0 Å². The van der Waals surface area contributed by atoms with Gasteiger partial charge in [0, 0.05) is 20.3 Å². The maximum atomic E-state index is 12.7. The highest BCUT2D eigenvalue weighted by Crippen LogP contribution is 2.13. The predicted octanol–water partition coefficient (Wildman–Crippen LogP) is 1.48. The van der Waals surface area contributed by atoms with Crippen LogP contribution in [0.4, 0.5) is 0 Å². The molecule has 8 heteroatoms. The summed E-state index contributed by atoms with van der Waals surface area (Å²) in [6.07, 6.45) is 3.18. The minimum atomic E-state index is -0.221. The number of para-hydroxylation sites is 1. The van der Waals surface area contributed by atoms with Crippen molar-refractivity contribution in [3.05, 3.63) is 64.6 Å². The molecule has 1 N–H and O–H groups in total. The summed E-state index contributed by atoms with van der Waals surface area (Å²) < 4.78 is 1.79. The molecule has 26 heavy (non-hydrogen) atoms. The minimum Gasteiger partial charge on any atom is -0.334 e. The lowest BCUT2D eigenvalue weighted by molar-refractivity contribution is 0.0781. The van der Waals surface area contributed by atoms with Crippen LogP contribution in [-0.4, -0.2) is 42.4 Å². The second-order valence-corrected chi connectivity index (χ2v) is 6.11. The molecule has 0 radical (unpaired) electrons. The molecule has 0 fully saturated rings. The van der Waals surface area contributed by atoms with Gasteiger partial charge in [0.2, 0.25) is 0 Å². The van der Waals surface area contributed by atoms with Gasteiger partial charge in [-0.05, 0) is 18.2 Å². The Hall–Kier alpha value is -3.55. The van der Waals surface area contributed by atoms with Crippen LogP contribution >= 0.6 is 0 Å². The fraction of sp³-hybridized carbons (Fsp3) is 0.167. The zero-order chi connectivity index (χ0) is 18.3. The molecule has 1 amide bonds. The van der Waals surface area contributed by atoms with Crippen molar-refractivity contribution in [1.29, 1.82) is 0 Å². The summed E-state index contributed by atoms with van der Waals surface area (Å²) >= 11 is 0. The number of hydrogen-bond acceptors (Lipinski definition) is 5. The van der Waals surface area contributed by atoms with E-state index in [4.69, 9.17) is 0 Å². The summed E-state index contributed by atoms with van der Waals surface area (Å²) in [7, 11) is 3.50. The number of carbonyl (C=O) groups excluding carboxylic acids is 1. The Morgan fingerprint density at radius 2 is 2.04 bits per heavy atom. The van der Waals surface area contributed by atoms with Gasteiger partial charge in [0.05, 0.1) is 29.3 Å². The fourth-order valence-corrected chi connectivity index (χ4v) is 2.86. The number of aromatic nitrogens is 5. The van der Waals surface area contributed by atoms with Gasteiger partial charge in [0.15, 0.2) is 5.65 Å². The zero-order valence-corrected chi connectivity index (χ0v) is 14.3. The molecular weight excluding hydrogens is 332 g/mol. The number of fused-ring (bicyclic) bond motifs is 2. The predicted molar refractivity (Wildman–Crippen MR) is 96.7 cm³/mol. The highest BCUT2D eigenvalue weighted by Gasteiger charge is 2.16. The fourth-order valence-electron chi connectivity index (χ4n) is 2.86. The highest BCUT2D eigenvalue weighted by atomic mass is 16.2. The molecule has 4 rings (SSSR count). The van der Waals surface area contributed by atoms with Crippen LogP contribution in [-0.2, 0) is 13.6 Å². The van der Waals surface area contributed by atoms with Crippen LogP contribution in [0, 0.1) is 0 Å². The van der Waals surface area contributed by atoms with Gasteiger partial charge in [0.25, 0.3) is 11.5 Å². The molecule has 1 aromatic carbocycles. The monoisotopic (exact) mass is 348 g/mol. The van der Waals surface area contributed by atoms with Gasteiger partial charge in [-0.2, -0.15) is 0 Å². The minimum absolute atomic E-state index is 0.180. The summed E-state index contributed by atoms with van der Waals surface area (Å²) in [5.41, 5.74) is 2.18. The van der Waals surface area contributed by atoms with Gasteiger partial charge < -0.3 is 14.5 Å². The highest BCUT2D eigenvalue weighted by molar-refractivity contribution is 5.96. The van der Waals surface area contributed by atoms with Crippen LogP contribution in [0.3, 0.4) is 0 Å². The van der Waals surface area contributed by atoms with E-state index in [-0.39, 0.29) is 18.0 Å². The maximum absolute atomic E-state index is 12.7. The quantitative estimate of drug-likeness (QED) is 0.605. The Labute approximate surface area is 148 Å². The first kappa shape index (κ1) is 15.9. The molecule has 0 atom stereocenters. The number of aryl methyl sites for hydroxylation is 1. The van der Waals surface area contributed by atoms with E-state index in [1.165, 1.54) is 11.1 Å². The first-order chi connectivity index (χ1) is 12.5. The smallest absolute Gasteiger partial charge is 0.258 e. The molecule has 0 saturated carbocycles. The molecule has 0 aliphatic rings. The molecule has 4 aromatic rings. The maximum Gasteiger partial charge on any atom is 0.258 e. The van der Waals surface area contributed by atoms with E-state index in [0.29, 0.717) is 33.5 Å². The topological polar surface area (TPSA) is 96.8 Å². The van der Waals surface area contributed by atoms with E-state index in [9.17, 15) is 9.59 Å². The van der Waals surface area contributed by atoms with Crippen molar-refractivity contribution in [1.82, 2.24) is 29.4 Å². The summed E-state index contributed by atoms with van der Waals surface area (Å²) in [4.78, 5) is 42.0. The van der Waals surface area contributed by atoms with Crippen molar-refractivity contribution in [3.8, 4) is 0 Å². The van der Waals surface area contributed by atoms with Crippen LogP contribution < -0.4 is 5.56 Å². The second-order valence-electron chi connectivity index (χ2n) is 6.11. The number of nitrogens with one attached hydrogen (secondary N) is 1. The molecule has 0 aliphatic heterocycles. The lowest BCUT2D eigenvalue weighted by Gasteiger charge is -2.16. The van der Waals surface area contributed by atoms with E-state index >= 15 is 0 Å². The standard InChI is InChI=1S/C18H16N6O2/c1-23(9-15-21-13-6-4-3-5-12(13)17(25)22-15)18(26)11-7-14-16(19-8-11)24(2)10-20-14/h3-8,10H,9H2,1-2H3,(H,21,22,25).